The molecule has 6 heteroatoms. The Balaban J connectivity index is 3.03. The van der Waals surface area contributed by atoms with Crippen LogP contribution in [-0.2, 0) is 4.74 Å². The summed E-state index contributed by atoms with van der Waals surface area (Å²) in [5.74, 6) is 0.645. The van der Waals surface area contributed by atoms with E-state index in [-0.39, 0.29) is 5.69 Å². The molecule has 0 aliphatic heterocycles. The van der Waals surface area contributed by atoms with Crippen LogP contribution in [0, 0.1) is 10.1 Å². The van der Waals surface area contributed by atoms with Gasteiger partial charge in [0.2, 0.25) is 0 Å². The summed E-state index contributed by atoms with van der Waals surface area (Å²) in [5, 5.41) is 10.9. The lowest BCUT2D eigenvalue weighted by Gasteiger charge is -2.23. The number of nitro groups is 1. The fourth-order valence-corrected chi connectivity index (χ4v) is 1.79. The number of methoxy groups -OCH3 is 1. The number of non-ortho nitro benzene ring substituents is 1. The number of rotatable bonds is 8. The number of benzene rings is 1. The van der Waals surface area contributed by atoms with Crippen molar-refractivity contribution >= 4 is 11.4 Å². The van der Waals surface area contributed by atoms with Gasteiger partial charge in [0.15, 0.2) is 0 Å². The third kappa shape index (κ3) is 4.10. The SMILES string of the molecule is CCN(CC)c1cc([N+](=O)[O-])ccc1OCCOC. The van der Waals surface area contributed by atoms with Gasteiger partial charge in [0.05, 0.1) is 17.2 Å². The van der Waals surface area contributed by atoms with E-state index in [9.17, 15) is 10.1 Å². The molecule has 19 heavy (non-hydrogen) atoms. The van der Waals surface area contributed by atoms with Gasteiger partial charge in [-0.1, -0.05) is 0 Å². The Morgan fingerprint density at radius 3 is 2.47 bits per heavy atom. The Kier molecular flexibility index (Phi) is 6.08. The lowest BCUT2D eigenvalue weighted by molar-refractivity contribution is -0.384. The number of anilines is 1. The summed E-state index contributed by atoms with van der Waals surface area (Å²) in [5.41, 5.74) is 0.816. The lowest BCUT2D eigenvalue weighted by atomic mass is 10.2. The summed E-state index contributed by atoms with van der Waals surface area (Å²) in [4.78, 5) is 12.5. The quantitative estimate of drug-likeness (QED) is 0.411. The van der Waals surface area contributed by atoms with E-state index in [2.05, 4.69) is 0 Å². The topological polar surface area (TPSA) is 64.8 Å². The highest BCUT2D eigenvalue weighted by molar-refractivity contribution is 5.63. The zero-order chi connectivity index (χ0) is 14.3. The predicted octanol–water partition coefficient (Wildman–Crippen LogP) is 2.47. The van der Waals surface area contributed by atoms with Crippen molar-refractivity contribution in [3.05, 3.63) is 28.3 Å². The molecule has 106 valence electrons. The van der Waals surface area contributed by atoms with Crippen molar-refractivity contribution in [1.29, 1.82) is 0 Å². The van der Waals surface area contributed by atoms with Crippen molar-refractivity contribution in [2.24, 2.45) is 0 Å². The van der Waals surface area contributed by atoms with Crippen molar-refractivity contribution in [3.8, 4) is 5.75 Å². The molecule has 1 rings (SSSR count). The second kappa shape index (κ2) is 7.58. The molecule has 0 atom stereocenters. The minimum Gasteiger partial charge on any atom is -0.489 e. The maximum Gasteiger partial charge on any atom is 0.271 e. The van der Waals surface area contributed by atoms with Crippen molar-refractivity contribution in [1.82, 2.24) is 0 Å². The first kappa shape index (κ1) is 15.2. The molecule has 0 bridgehead atoms. The minimum atomic E-state index is -0.397. The van der Waals surface area contributed by atoms with Crippen molar-refractivity contribution < 1.29 is 14.4 Å². The molecule has 0 aliphatic carbocycles. The van der Waals surface area contributed by atoms with Crippen LogP contribution in [-0.4, -0.2) is 38.3 Å². The van der Waals surface area contributed by atoms with E-state index in [1.54, 1.807) is 19.2 Å². The Morgan fingerprint density at radius 1 is 1.26 bits per heavy atom. The monoisotopic (exact) mass is 268 g/mol. The molecule has 0 amide bonds. The molecule has 0 saturated carbocycles. The molecule has 6 nitrogen and oxygen atoms in total. The standard InChI is InChI=1S/C13H20N2O4/c1-4-14(5-2)12-10-11(15(16)17)6-7-13(12)19-9-8-18-3/h6-7,10H,4-5,8-9H2,1-3H3. The van der Waals surface area contributed by atoms with E-state index in [1.807, 2.05) is 18.7 Å². The van der Waals surface area contributed by atoms with Gasteiger partial charge in [-0.15, -0.1) is 0 Å². The van der Waals surface area contributed by atoms with Gasteiger partial charge in [-0.25, -0.2) is 0 Å². The molecule has 0 N–H and O–H groups in total. The van der Waals surface area contributed by atoms with Crippen LogP contribution in [0.5, 0.6) is 5.75 Å². The van der Waals surface area contributed by atoms with Gasteiger partial charge in [-0.3, -0.25) is 10.1 Å². The Labute approximate surface area is 113 Å². The predicted molar refractivity (Wildman–Crippen MR) is 74.0 cm³/mol. The third-order valence-corrected chi connectivity index (χ3v) is 2.80. The number of hydrogen-bond donors (Lipinski definition) is 0. The first-order valence-corrected chi connectivity index (χ1v) is 6.29. The minimum absolute atomic E-state index is 0.0704. The molecule has 0 fully saturated rings. The average molecular weight is 268 g/mol. The van der Waals surface area contributed by atoms with Crippen LogP contribution in [0.15, 0.2) is 18.2 Å². The summed E-state index contributed by atoms with van der Waals surface area (Å²) >= 11 is 0. The smallest absolute Gasteiger partial charge is 0.271 e. The Hall–Kier alpha value is -1.82. The van der Waals surface area contributed by atoms with Crippen LogP contribution < -0.4 is 9.64 Å². The zero-order valence-electron chi connectivity index (χ0n) is 11.6. The average Bonchev–Trinajstić information content (AvgIpc) is 2.41. The third-order valence-electron chi connectivity index (χ3n) is 2.80. The molecule has 1 aromatic rings. The van der Waals surface area contributed by atoms with Crippen LogP contribution in [0.25, 0.3) is 0 Å². The van der Waals surface area contributed by atoms with E-state index in [1.165, 1.54) is 6.07 Å². The molecule has 0 unspecified atom stereocenters. The molecule has 0 saturated heterocycles. The molecule has 0 aliphatic rings. The summed E-state index contributed by atoms with van der Waals surface area (Å²) in [6.45, 7) is 6.43. The van der Waals surface area contributed by atoms with Crippen LogP contribution >= 0.6 is 0 Å². The highest BCUT2D eigenvalue weighted by Crippen LogP contribution is 2.32. The number of hydrogen-bond acceptors (Lipinski definition) is 5. The van der Waals surface area contributed by atoms with Crippen LogP contribution in [0.3, 0.4) is 0 Å². The molecule has 0 aromatic heterocycles. The number of ether oxygens (including phenoxy) is 2. The van der Waals surface area contributed by atoms with Crippen LogP contribution in [0.1, 0.15) is 13.8 Å². The maximum atomic E-state index is 10.9. The van der Waals surface area contributed by atoms with Gasteiger partial charge >= 0.3 is 0 Å². The Bertz CT molecular complexity index is 419. The van der Waals surface area contributed by atoms with E-state index in [4.69, 9.17) is 9.47 Å². The maximum absolute atomic E-state index is 10.9. The fraction of sp³-hybridized carbons (Fsp3) is 0.538. The van der Waals surface area contributed by atoms with E-state index >= 15 is 0 Å². The first-order chi connectivity index (χ1) is 9.13. The lowest BCUT2D eigenvalue weighted by Crippen LogP contribution is -2.23. The summed E-state index contributed by atoms with van der Waals surface area (Å²) in [6, 6.07) is 4.64. The van der Waals surface area contributed by atoms with Gasteiger partial charge in [0.1, 0.15) is 12.4 Å². The number of nitro benzene ring substituents is 1. The summed E-state index contributed by atoms with van der Waals surface area (Å²) < 4.78 is 10.5. The highest BCUT2D eigenvalue weighted by Gasteiger charge is 2.15. The van der Waals surface area contributed by atoms with Gasteiger partial charge in [0.25, 0.3) is 5.69 Å². The first-order valence-electron chi connectivity index (χ1n) is 6.29. The zero-order valence-corrected chi connectivity index (χ0v) is 11.6. The molecule has 0 radical (unpaired) electrons. The van der Waals surface area contributed by atoms with E-state index in [0.29, 0.717) is 19.0 Å². The van der Waals surface area contributed by atoms with Gasteiger partial charge < -0.3 is 14.4 Å². The molecule has 0 spiro atoms. The number of nitrogens with zero attached hydrogens (tertiary/aromatic N) is 2. The van der Waals surface area contributed by atoms with Crippen LogP contribution in [0.4, 0.5) is 11.4 Å². The van der Waals surface area contributed by atoms with Gasteiger partial charge in [0, 0.05) is 32.3 Å². The van der Waals surface area contributed by atoms with Crippen molar-refractivity contribution in [3.63, 3.8) is 0 Å². The largest absolute Gasteiger partial charge is 0.489 e. The van der Waals surface area contributed by atoms with Crippen LogP contribution in [0.2, 0.25) is 0 Å². The molecular weight excluding hydrogens is 248 g/mol. The van der Waals surface area contributed by atoms with E-state index in [0.717, 1.165) is 18.8 Å². The summed E-state index contributed by atoms with van der Waals surface area (Å²) in [7, 11) is 1.60. The fourth-order valence-electron chi connectivity index (χ4n) is 1.79. The van der Waals surface area contributed by atoms with E-state index < -0.39 is 4.92 Å². The second-order valence-corrected chi connectivity index (χ2v) is 3.92. The normalized spacial score (nSPS) is 10.3. The Morgan fingerprint density at radius 2 is 1.95 bits per heavy atom. The molecular formula is C13H20N2O4. The second-order valence-electron chi connectivity index (χ2n) is 3.92. The summed E-state index contributed by atoms with van der Waals surface area (Å²) in [6.07, 6.45) is 0. The van der Waals surface area contributed by atoms with Crippen molar-refractivity contribution in [2.45, 2.75) is 13.8 Å². The molecule has 0 heterocycles. The van der Waals surface area contributed by atoms with Gasteiger partial charge in [-0.05, 0) is 19.9 Å². The molecule has 1 aromatic carbocycles. The van der Waals surface area contributed by atoms with Crippen molar-refractivity contribution in [2.75, 3.05) is 38.3 Å². The van der Waals surface area contributed by atoms with Gasteiger partial charge in [-0.2, -0.15) is 0 Å². The highest BCUT2D eigenvalue weighted by atomic mass is 16.6.